The summed E-state index contributed by atoms with van der Waals surface area (Å²) in [5.74, 6) is 6.43. The van der Waals surface area contributed by atoms with E-state index < -0.39 is 0 Å². The van der Waals surface area contributed by atoms with Gasteiger partial charge in [-0.1, -0.05) is 18.2 Å². The fourth-order valence-corrected chi connectivity index (χ4v) is 2.89. The van der Waals surface area contributed by atoms with Crippen LogP contribution in [0.2, 0.25) is 0 Å². The van der Waals surface area contributed by atoms with Crippen molar-refractivity contribution in [1.29, 1.82) is 0 Å². The first-order valence-corrected chi connectivity index (χ1v) is 7.25. The van der Waals surface area contributed by atoms with Crippen molar-refractivity contribution in [3.63, 3.8) is 0 Å². The second-order valence-electron chi connectivity index (χ2n) is 5.47. The van der Waals surface area contributed by atoms with Crippen LogP contribution in [0.5, 0.6) is 0 Å². The average molecular weight is 271 g/mol. The summed E-state index contributed by atoms with van der Waals surface area (Å²) in [6, 6.07) is 10.5. The van der Waals surface area contributed by atoms with Gasteiger partial charge < -0.3 is 4.74 Å². The Hall–Kier alpha value is -1.49. The zero-order valence-corrected chi connectivity index (χ0v) is 11.6. The van der Waals surface area contributed by atoms with Crippen molar-refractivity contribution in [2.75, 3.05) is 13.2 Å². The van der Waals surface area contributed by atoms with Gasteiger partial charge in [-0.3, -0.25) is 16.3 Å². The van der Waals surface area contributed by atoms with Gasteiger partial charge in [-0.15, -0.1) is 0 Å². The molecule has 1 atom stereocenters. The summed E-state index contributed by atoms with van der Waals surface area (Å²) in [5, 5.41) is 1.16. The van der Waals surface area contributed by atoms with Crippen LogP contribution in [-0.4, -0.2) is 18.2 Å². The number of para-hydroxylation sites is 1. The number of benzene rings is 1. The largest absolute Gasteiger partial charge is 0.381 e. The lowest BCUT2D eigenvalue weighted by Gasteiger charge is -2.26. The molecule has 1 aromatic heterocycles. The van der Waals surface area contributed by atoms with Gasteiger partial charge in [0.2, 0.25) is 0 Å². The molecule has 0 spiro atoms. The van der Waals surface area contributed by atoms with Crippen LogP contribution in [0.15, 0.2) is 36.5 Å². The van der Waals surface area contributed by atoms with E-state index in [1.165, 1.54) is 0 Å². The molecule has 1 aromatic carbocycles. The molecule has 1 aliphatic rings. The van der Waals surface area contributed by atoms with E-state index in [1.807, 2.05) is 24.4 Å². The fourth-order valence-electron chi connectivity index (χ4n) is 2.89. The summed E-state index contributed by atoms with van der Waals surface area (Å²) in [7, 11) is 0. The summed E-state index contributed by atoms with van der Waals surface area (Å²) in [6.45, 7) is 1.75. The first-order valence-electron chi connectivity index (χ1n) is 7.25. The standard InChI is InChI=1S/C16H21N3O/c17-19-16(9-12-5-7-20-8-6-12)14-10-13-3-1-2-4-15(13)18-11-14/h1-4,10-12,16,19H,5-9,17H2. The molecule has 0 saturated carbocycles. The van der Waals surface area contributed by atoms with Gasteiger partial charge in [0.05, 0.1) is 5.52 Å². The molecule has 2 heterocycles. The number of nitrogens with one attached hydrogen (secondary N) is 1. The Morgan fingerprint density at radius 1 is 1.30 bits per heavy atom. The molecule has 1 aliphatic heterocycles. The van der Waals surface area contributed by atoms with Gasteiger partial charge in [0.15, 0.2) is 0 Å². The third-order valence-corrected chi connectivity index (χ3v) is 4.13. The van der Waals surface area contributed by atoms with Crippen molar-refractivity contribution in [3.8, 4) is 0 Å². The van der Waals surface area contributed by atoms with Crippen LogP contribution in [0.25, 0.3) is 10.9 Å². The highest BCUT2D eigenvalue weighted by Crippen LogP contribution is 2.28. The van der Waals surface area contributed by atoms with Crippen molar-refractivity contribution in [2.24, 2.45) is 11.8 Å². The molecule has 4 nitrogen and oxygen atoms in total. The first-order chi connectivity index (χ1) is 9.86. The minimum atomic E-state index is 0.162. The molecule has 0 radical (unpaired) electrons. The molecule has 1 fully saturated rings. The van der Waals surface area contributed by atoms with E-state index in [0.29, 0.717) is 5.92 Å². The van der Waals surface area contributed by atoms with E-state index >= 15 is 0 Å². The minimum Gasteiger partial charge on any atom is -0.381 e. The number of hydrogen-bond donors (Lipinski definition) is 2. The molecule has 1 saturated heterocycles. The number of ether oxygens (including phenoxy) is 1. The summed E-state index contributed by atoms with van der Waals surface area (Å²) >= 11 is 0. The highest BCUT2D eigenvalue weighted by molar-refractivity contribution is 5.78. The number of fused-ring (bicyclic) bond motifs is 1. The van der Waals surface area contributed by atoms with Crippen LogP contribution in [-0.2, 0) is 4.74 Å². The van der Waals surface area contributed by atoms with E-state index in [9.17, 15) is 0 Å². The monoisotopic (exact) mass is 271 g/mol. The molecule has 20 heavy (non-hydrogen) atoms. The maximum atomic E-state index is 5.76. The highest BCUT2D eigenvalue weighted by Gasteiger charge is 2.20. The molecule has 3 rings (SSSR count). The van der Waals surface area contributed by atoms with Crippen LogP contribution in [0.4, 0.5) is 0 Å². The number of hydrazine groups is 1. The molecular weight excluding hydrogens is 250 g/mol. The van der Waals surface area contributed by atoms with Gasteiger partial charge in [0.25, 0.3) is 0 Å². The Kier molecular flexibility index (Phi) is 4.25. The molecule has 4 heteroatoms. The Labute approximate surface area is 119 Å². The van der Waals surface area contributed by atoms with Crippen LogP contribution in [0.3, 0.4) is 0 Å². The number of hydrogen-bond acceptors (Lipinski definition) is 4. The number of rotatable bonds is 4. The normalized spacial score (nSPS) is 18.2. The lowest BCUT2D eigenvalue weighted by molar-refractivity contribution is 0.0605. The van der Waals surface area contributed by atoms with E-state index in [0.717, 1.165) is 48.9 Å². The Balaban J connectivity index is 1.79. The van der Waals surface area contributed by atoms with Crippen molar-refractivity contribution in [3.05, 3.63) is 42.1 Å². The summed E-state index contributed by atoms with van der Waals surface area (Å²) in [5.41, 5.74) is 5.14. The predicted molar refractivity (Wildman–Crippen MR) is 80.0 cm³/mol. The number of aromatic nitrogens is 1. The number of nitrogens with two attached hydrogens (primary N) is 1. The van der Waals surface area contributed by atoms with E-state index in [1.54, 1.807) is 0 Å². The molecule has 2 aromatic rings. The first kappa shape index (κ1) is 13.5. The SMILES string of the molecule is NNC(CC1CCOCC1)c1cnc2ccccc2c1. The van der Waals surface area contributed by atoms with Crippen LogP contribution < -0.4 is 11.3 Å². The van der Waals surface area contributed by atoms with Crippen molar-refractivity contribution < 1.29 is 4.74 Å². The van der Waals surface area contributed by atoms with Gasteiger partial charge in [-0.25, -0.2) is 0 Å². The number of nitrogens with zero attached hydrogens (tertiary/aromatic N) is 1. The minimum absolute atomic E-state index is 0.162. The van der Waals surface area contributed by atoms with Gasteiger partial charge in [-0.05, 0) is 42.9 Å². The van der Waals surface area contributed by atoms with Crippen molar-refractivity contribution >= 4 is 10.9 Å². The molecule has 0 amide bonds. The highest BCUT2D eigenvalue weighted by atomic mass is 16.5. The quantitative estimate of drug-likeness (QED) is 0.663. The smallest absolute Gasteiger partial charge is 0.0702 e. The second-order valence-corrected chi connectivity index (χ2v) is 5.47. The lowest BCUT2D eigenvalue weighted by Crippen LogP contribution is -2.31. The van der Waals surface area contributed by atoms with E-state index in [4.69, 9.17) is 10.6 Å². The maximum Gasteiger partial charge on any atom is 0.0702 e. The Morgan fingerprint density at radius 3 is 2.90 bits per heavy atom. The average Bonchev–Trinajstić information content (AvgIpc) is 2.53. The summed E-state index contributed by atoms with van der Waals surface area (Å²) in [6.07, 6.45) is 5.23. The third kappa shape index (κ3) is 2.98. The molecular formula is C16H21N3O. The Bertz CT molecular complexity index is 566. The molecule has 0 aliphatic carbocycles. The zero-order chi connectivity index (χ0) is 13.8. The summed E-state index contributed by atoms with van der Waals surface area (Å²) in [4.78, 5) is 4.52. The predicted octanol–water partition coefficient (Wildman–Crippen LogP) is 2.56. The van der Waals surface area contributed by atoms with Gasteiger partial charge in [-0.2, -0.15) is 0 Å². The van der Waals surface area contributed by atoms with Crippen LogP contribution in [0, 0.1) is 5.92 Å². The molecule has 106 valence electrons. The van der Waals surface area contributed by atoms with E-state index in [2.05, 4.69) is 22.5 Å². The number of pyridine rings is 1. The molecule has 0 bridgehead atoms. The van der Waals surface area contributed by atoms with Crippen molar-refractivity contribution in [1.82, 2.24) is 10.4 Å². The van der Waals surface area contributed by atoms with Gasteiger partial charge in [0, 0.05) is 30.8 Å². The zero-order valence-electron chi connectivity index (χ0n) is 11.6. The van der Waals surface area contributed by atoms with Gasteiger partial charge in [0.1, 0.15) is 0 Å². The van der Waals surface area contributed by atoms with E-state index in [-0.39, 0.29) is 6.04 Å². The fraction of sp³-hybridized carbons (Fsp3) is 0.438. The maximum absolute atomic E-state index is 5.76. The lowest BCUT2D eigenvalue weighted by atomic mass is 9.90. The molecule has 1 unspecified atom stereocenters. The van der Waals surface area contributed by atoms with Crippen LogP contribution >= 0.6 is 0 Å². The summed E-state index contributed by atoms with van der Waals surface area (Å²) < 4.78 is 5.41. The second kappa shape index (κ2) is 6.31. The third-order valence-electron chi connectivity index (χ3n) is 4.13. The van der Waals surface area contributed by atoms with Gasteiger partial charge >= 0.3 is 0 Å². The van der Waals surface area contributed by atoms with Crippen LogP contribution in [0.1, 0.15) is 30.9 Å². The molecule has 3 N–H and O–H groups in total. The topological polar surface area (TPSA) is 60.2 Å². The Morgan fingerprint density at radius 2 is 2.10 bits per heavy atom. The van der Waals surface area contributed by atoms with Crippen molar-refractivity contribution in [2.45, 2.75) is 25.3 Å².